The Morgan fingerprint density at radius 3 is 3.21 bits per heavy atom. The molecule has 10 heteroatoms. The number of carbonyl (C=O) groups is 1. The third-order valence-electron chi connectivity index (χ3n) is 4.21. The van der Waals surface area contributed by atoms with Gasteiger partial charge in [0.1, 0.15) is 0 Å². The van der Waals surface area contributed by atoms with Crippen LogP contribution in [-0.2, 0) is 6.54 Å². The fourth-order valence-corrected chi connectivity index (χ4v) is 3.70. The average Bonchev–Trinajstić information content (AvgIpc) is 3.29. The second kappa shape index (κ2) is 9.33. The number of carbonyl (C=O) groups excluding carboxylic acids is 1. The van der Waals surface area contributed by atoms with Gasteiger partial charge < -0.3 is 10.6 Å². The Labute approximate surface area is 146 Å². The van der Waals surface area contributed by atoms with Gasteiger partial charge in [-0.05, 0) is 25.8 Å². The number of nitrogens with zero attached hydrogens (tertiary/aromatic N) is 3. The lowest BCUT2D eigenvalue weighted by atomic mass is 10.0. The molecule has 1 aromatic rings. The van der Waals surface area contributed by atoms with E-state index in [9.17, 15) is 4.79 Å². The summed E-state index contributed by atoms with van der Waals surface area (Å²) >= 11 is 1.75. The SMILES string of the molecule is O=C(NCCSC1CNNN1)c1cn(CCC2CCCCN2)nn1. The monoisotopic (exact) mass is 354 g/mol. The summed E-state index contributed by atoms with van der Waals surface area (Å²) in [5, 5.41) is 14.8. The number of amides is 1. The van der Waals surface area contributed by atoms with Crippen molar-refractivity contribution in [3.8, 4) is 0 Å². The van der Waals surface area contributed by atoms with Crippen molar-refractivity contribution in [3.63, 3.8) is 0 Å². The molecule has 2 unspecified atom stereocenters. The number of aryl methyl sites for hydroxylation is 1. The average molecular weight is 354 g/mol. The molecule has 0 spiro atoms. The first-order valence-electron chi connectivity index (χ1n) is 8.58. The van der Waals surface area contributed by atoms with E-state index in [1.165, 1.54) is 19.3 Å². The molecule has 2 saturated heterocycles. The predicted octanol–water partition coefficient (Wildman–Crippen LogP) is -0.788. The molecule has 3 heterocycles. The van der Waals surface area contributed by atoms with E-state index in [0.29, 0.717) is 23.7 Å². The van der Waals surface area contributed by atoms with Crippen LogP contribution in [0.1, 0.15) is 36.2 Å². The molecule has 0 radical (unpaired) electrons. The number of hydrogen-bond acceptors (Lipinski definition) is 8. The molecular formula is C14H26N8OS. The molecule has 24 heavy (non-hydrogen) atoms. The van der Waals surface area contributed by atoms with Crippen LogP contribution in [0.5, 0.6) is 0 Å². The zero-order chi connectivity index (χ0) is 16.6. The van der Waals surface area contributed by atoms with Crippen LogP contribution in [0.3, 0.4) is 0 Å². The summed E-state index contributed by atoms with van der Waals surface area (Å²) in [7, 11) is 0. The molecule has 2 aliphatic rings. The van der Waals surface area contributed by atoms with Crippen LogP contribution in [0.15, 0.2) is 6.20 Å². The van der Waals surface area contributed by atoms with E-state index in [4.69, 9.17) is 0 Å². The van der Waals surface area contributed by atoms with Crippen molar-refractivity contribution in [2.24, 2.45) is 0 Å². The third kappa shape index (κ3) is 5.42. The van der Waals surface area contributed by atoms with E-state index < -0.39 is 0 Å². The smallest absolute Gasteiger partial charge is 0.273 e. The van der Waals surface area contributed by atoms with Gasteiger partial charge in [-0.25, -0.2) is 10.9 Å². The highest BCUT2D eigenvalue weighted by Gasteiger charge is 2.15. The molecule has 2 fully saturated rings. The number of piperidine rings is 1. The van der Waals surface area contributed by atoms with Crippen LogP contribution in [0.25, 0.3) is 0 Å². The van der Waals surface area contributed by atoms with Crippen molar-refractivity contribution >= 4 is 17.7 Å². The lowest BCUT2D eigenvalue weighted by Gasteiger charge is -2.23. The summed E-state index contributed by atoms with van der Waals surface area (Å²) in [5.41, 5.74) is 9.31. The predicted molar refractivity (Wildman–Crippen MR) is 93.1 cm³/mol. The maximum Gasteiger partial charge on any atom is 0.273 e. The van der Waals surface area contributed by atoms with Crippen molar-refractivity contribution in [2.45, 2.75) is 43.6 Å². The van der Waals surface area contributed by atoms with Gasteiger partial charge in [-0.3, -0.25) is 9.48 Å². The Morgan fingerprint density at radius 2 is 2.42 bits per heavy atom. The van der Waals surface area contributed by atoms with Crippen molar-refractivity contribution in [1.82, 2.24) is 42.0 Å². The van der Waals surface area contributed by atoms with E-state index in [1.54, 1.807) is 22.6 Å². The van der Waals surface area contributed by atoms with Crippen molar-refractivity contribution < 1.29 is 4.79 Å². The molecule has 0 aliphatic carbocycles. The van der Waals surface area contributed by atoms with Gasteiger partial charge in [0.2, 0.25) is 0 Å². The van der Waals surface area contributed by atoms with Gasteiger partial charge >= 0.3 is 0 Å². The third-order valence-corrected chi connectivity index (χ3v) is 5.33. The summed E-state index contributed by atoms with van der Waals surface area (Å²) in [6.07, 6.45) is 6.55. The van der Waals surface area contributed by atoms with Gasteiger partial charge in [0.05, 0.1) is 11.6 Å². The van der Waals surface area contributed by atoms with Crippen LogP contribution in [0, 0.1) is 0 Å². The number of aromatic nitrogens is 3. The van der Waals surface area contributed by atoms with Crippen LogP contribution < -0.4 is 27.0 Å². The standard InChI is InChI=1S/C14H26N8OS/c23-14(16-6-8-24-13-9-17-20-19-13)12-10-22(21-18-12)7-4-11-3-1-2-5-15-11/h10-11,13,15,17,19-20H,1-9H2,(H,16,23). The summed E-state index contributed by atoms with van der Waals surface area (Å²) < 4.78 is 1.76. The zero-order valence-corrected chi connectivity index (χ0v) is 14.6. The maximum atomic E-state index is 12.1. The van der Waals surface area contributed by atoms with Gasteiger partial charge in [0.25, 0.3) is 5.91 Å². The molecule has 3 rings (SSSR count). The minimum Gasteiger partial charge on any atom is -0.350 e. The molecular weight excluding hydrogens is 328 g/mol. The van der Waals surface area contributed by atoms with Gasteiger partial charge in [0, 0.05) is 31.4 Å². The van der Waals surface area contributed by atoms with Gasteiger partial charge in [0.15, 0.2) is 5.69 Å². The first-order valence-corrected chi connectivity index (χ1v) is 9.63. The topological polar surface area (TPSA) is 108 Å². The minimum absolute atomic E-state index is 0.159. The second-order valence-corrected chi connectivity index (χ2v) is 7.38. The number of rotatable bonds is 8. The first-order chi connectivity index (χ1) is 11.8. The summed E-state index contributed by atoms with van der Waals surface area (Å²) in [5.74, 6) is 0.683. The van der Waals surface area contributed by atoms with Crippen LogP contribution in [0.2, 0.25) is 0 Å². The lowest BCUT2D eigenvalue weighted by Crippen LogP contribution is -2.34. The molecule has 0 bridgehead atoms. The molecule has 1 aromatic heterocycles. The molecule has 2 atom stereocenters. The summed E-state index contributed by atoms with van der Waals surface area (Å²) in [6, 6.07) is 0.561. The highest BCUT2D eigenvalue weighted by atomic mass is 32.2. The molecule has 1 amide bonds. The van der Waals surface area contributed by atoms with E-state index in [2.05, 4.69) is 37.3 Å². The number of thioether (sulfide) groups is 1. The molecule has 0 aromatic carbocycles. The van der Waals surface area contributed by atoms with Crippen molar-refractivity contribution in [1.29, 1.82) is 0 Å². The fourth-order valence-electron chi connectivity index (χ4n) is 2.85. The molecule has 0 saturated carbocycles. The Hall–Kier alpha value is -1.20. The number of nitrogens with one attached hydrogen (secondary N) is 5. The number of hydrogen-bond donors (Lipinski definition) is 5. The summed E-state index contributed by atoms with van der Waals surface area (Å²) in [4.78, 5) is 12.1. The molecule has 5 N–H and O–H groups in total. The van der Waals surface area contributed by atoms with Crippen molar-refractivity contribution in [2.75, 3.05) is 25.4 Å². The molecule has 134 valence electrons. The van der Waals surface area contributed by atoms with E-state index >= 15 is 0 Å². The molecule has 9 nitrogen and oxygen atoms in total. The second-order valence-electron chi connectivity index (χ2n) is 6.07. The summed E-state index contributed by atoms with van der Waals surface area (Å²) in [6.45, 7) is 3.38. The highest BCUT2D eigenvalue weighted by Crippen LogP contribution is 2.11. The maximum absolute atomic E-state index is 12.1. The largest absolute Gasteiger partial charge is 0.350 e. The van der Waals surface area contributed by atoms with Crippen LogP contribution in [0.4, 0.5) is 0 Å². The fraction of sp³-hybridized carbons (Fsp3) is 0.786. The normalized spacial score (nSPS) is 24.2. The van der Waals surface area contributed by atoms with Gasteiger partial charge in [-0.1, -0.05) is 11.6 Å². The van der Waals surface area contributed by atoms with E-state index in [1.807, 2.05) is 0 Å². The van der Waals surface area contributed by atoms with E-state index in [-0.39, 0.29) is 5.91 Å². The molecule has 2 aliphatic heterocycles. The van der Waals surface area contributed by atoms with Crippen LogP contribution >= 0.6 is 11.8 Å². The van der Waals surface area contributed by atoms with Crippen LogP contribution in [-0.4, -0.2) is 57.7 Å². The Balaban J connectivity index is 1.33. The Kier molecular flexibility index (Phi) is 6.85. The quantitative estimate of drug-likeness (QED) is 0.387. The van der Waals surface area contributed by atoms with E-state index in [0.717, 1.165) is 31.8 Å². The number of hydrazine groups is 2. The Bertz CT molecular complexity index is 513. The van der Waals surface area contributed by atoms with Crippen molar-refractivity contribution in [3.05, 3.63) is 11.9 Å². The van der Waals surface area contributed by atoms with Gasteiger partial charge in [-0.2, -0.15) is 5.53 Å². The Morgan fingerprint density at radius 1 is 1.46 bits per heavy atom. The minimum atomic E-state index is -0.159. The first kappa shape index (κ1) is 17.6. The zero-order valence-electron chi connectivity index (χ0n) is 13.8. The van der Waals surface area contributed by atoms with Gasteiger partial charge in [-0.15, -0.1) is 16.9 Å². The highest BCUT2D eigenvalue weighted by molar-refractivity contribution is 7.99. The lowest BCUT2D eigenvalue weighted by molar-refractivity contribution is 0.0951.